The van der Waals surface area contributed by atoms with Crippen LogP contribution in [0.1, 0.15) is 16.7 Å². The lowest BCUT2D eigenvalue weighted by Crippen LogP contribution is -1.94. The first kappa shape index (κ1) is 13.2. The van der Waals surface area contributed by atoms with Gasteiger partial charge < -0.3 is 5.73 Å². The molecule has 0 fully saturated rings. The Labute approximate surface area is 104 Å². The van der Waals surface area contributed by atoms with E-state index in [1.807, 2.05) is 36.4 Å². The highest BCUT2D eigenvalue weighted by molar-refractivity contribution is 5.46. The second-order valence-electron chi connectivity index (χ2n) is 3.80. The molecular weight excluding hydrogens is 206 g/mol. The van der Waals surface area contributed by atoms with Gasteiger partial charge in [-0.15, -0.1) is 0 Å². The van der Waals surface area contributed by atoms with E-state index in [2.05, 4.69) is 37.8 Å². The Kier molecular flexibility index (Phi) is 5.76. The Hall–Kier alpha value is -1.86. The van der Waals surface area contributed by atoms with Gasteiger partial charge in [0.2, 0.25) is 0 Å². The van der Waals surface area contributed by atoms with E-state index >= 15 is 0 Å². The summed E-state index contributed by atoms with van der Waals surface area (Å²) in [6, 6.07) is 18.3. The van der Waals surface area contributed by atoms with Crippen LogP contribution in [0, 0.1) is 6.92 Å². The van der Waals surface area contributed by atoms with Gasteiger partial charge >= 0.3 is 0 Å². The van der Waals surface area contributed by atoms with Gasteiger partial charge in [-0.05, 0) is 18.1 Å². The molecule has 0 saturated carbocycles. The Morgan fingerprint density at radius 3 is 2.00 bits per heavy atom. The van der Waals surface area contributed by atoms with Gasteiger partial charge in [-0.3, -0.25) is 0 Å². The zero-order valence-electron chi connectivity index (χ0n) is 10.3. The first-order valence-corrected chi connectivity index (χ1v) is 5.69. The minimum absolute atomic E-state index is 0.640. The first-order valence-electron chi connectivity index (χ1n) is 5.69. The van der Waals surface area contributed by atoms with E-state index < -0.39 is 0 Å². The van der Waals surface area contributed by atoms with Crippen molar-refractivity contribution in [3.05, 3.63) is 77.9 Å². The summed E-state index contributed by atoms with van der Waals surface area (Å²) in [6.07, 6.45) is 1.85. The zero-order chi connectivity index (χ0) is 12.5. The van der Waals surface area contributed by atoms with Crippen LogP contribution >= 0.6 is 0 Å². The lowest BCUT2D eigenvalue weighted by molar-refractivity contribution is 1.07. The van der Waals surface area contributed by atoms with Gasteiger partial charge in [-0.1, -0.05) is 72.8 Å². The highest BCUT2D eigenvalue weighted by atomic mass is 14.5. The molecule has 2 rings (SSSR count). The molecule has 88 valence electrons. The minimum Gasteiger partial charge on any atom is -0.326 e. The first-order chi connectivity index (χ1) is 8.26. The van der Waals surface area contributed by atoms with E-state index in [4.69, 9.17) is 5.73 Å². The molecule has 2 aromatic rings. The van der Waals surface area contributed by atoms with E-state index in [1.165, 1.54) is 16.7 Å². The van der Waals surface area contributed by atoms with Crippen LogP contribution in [0.25, 0.3) is 6.08 Å². The summed E-state index contributed by atoms with van der Waals surface area (Å²) in [6.45, 7) is 6.38. The van der Waals surface area contributed by atoms with E-state index in [0.717, 1.165) is 0 Å². The fourth-order valence-corrected chi connectivity index (χ4v) is 1.32. The number of rotatable bonds is 2. The van der Waals surface area contributed by atoms with E-state index in [-0.39, 0.29) is 0 Å². The summed E-state index contributed by atoms with van der Waals surface area (Å²) < 4.78 is 0. The highest BCUT2D eigenvalue weighted by Crippen LogP contribution is 2.02. The van der Waals surface area contributed by atoms with Crippen molar-refractivity contribution >= 4 is 6.08 Å². The summed E-state index contributed by atoms with van der Waals surface area (Å²) in [5.41, 5.74) is 9.01. The van der Waals surface area contributed by atoms with Crippen LogP contribution in [0.15, 0.2) is 61.2 Å². The van der Waals surface area contributed by atoms with Crippen LogP contribution in [-0.4, -0.2) is 0 Å². The average Bonchev–Trinajstić information content (AvgIpc) is 2.41. The van der Waals surface area contributed by atoms with E-state index in [0.29, 0.717) is 6.54 Å². The van der Waals surface area contributed by atoms with E-state index in [9.17, 15) is 0 Å². The molecule has 17 heavy (non-hydrogen) atoms. The van der Waals surface area contributed by atoms with Crippen LogP contribution in [0.2, 0.25) is 0 Å². The smallest absolute Gasteiger partial charge is 0.0178 e. The van der Waals surface area contributed by atoms with Crippen LogP contribution in [0.5, 0.6) is 0 Å². The second-order valence-corrected chi connectivity index (χ2v) is 3.80. The lowest BCUT2D eigenvalue weighted by Gasteiger charge is -1.91. The maximum atomic E-state index is 5.35. The molecule has 0 aromatic heterocycles. The number of hydrogen-bond donors (Lipinski definition) is 1. The molecule has 2 N–H and O–H groups in total. The SMILES string of the molecule is C=Cc1ccc(C)cc1.NCc1ccccc1. The highest BCUT2D eigenvalue weighted by Gasteiger charge is 1.82. The largest absolute Gasteiger partial charge is 0.326 e. The second kappa shape index (κ2) is 7.42. The minimum atomic E-state index is 0.640. The Balaban J connectivity index is 0.000000171. The molecular formula is C16H19N. The van der Waals surface area contributed by atoms with Gasteiger partial charge in [-0.25, -0.2) is 0 Å². The lowest BCUT2D eigenvalue weighted by atomic mass is 10.2. The molecule has 1 heteroatoms. The molecule has 2 aromatic carbocycles. The fourth-order valence-electron chi connectivity index (χ4n) is 1.32. The van der Waals surface area contributed by atoms with Gasteiger partial charge in [0, 0.05) is 6.54 Å². The number of nitrogens with two attached hydrogens (primary N) is 1. The molecule has 0 saturated heterocycles. The van der Waals surface area contributed by atoms with Crippen LogP contribution in [-0.2, 0) is 6.54 Å². The summed E-state index contributed by atoms with van der Waals surface area (Å²) in [5.74, 6) is 0. The van der Waals surface area contributed by atoms with Crippen molar-refractivity contribution in [1.82, 2.24) is 0 Å². The molecule has 0 spiro atoms. The molecule has 0 atom stereocenters. The third-order valence-electron chi connectivity index (χ3n) is 2.39. The average molecular weight is 225 g/mol. The third kappa shape index (κ3) is 5.14. The Bertz CT molecular complexity index is 429. The van der Waals surface area contributed by atoms with Crippen molar-refractivity contribution in [3.63, 3.8) is 0 Å². The van der Waals surface area contributed by atoms with Crippen molar-refractivity contribution in [3.8, 4) is 0 Å². The van der Waals surface area contributed by atoms with Crippen molar-refractivity contribution in [2.45, 2.75) is 13.5 Å². The summed E-state index contributed by atoms with van der Waals surface area (Å²) in [5, 5.41) is 0. The molecule has 0 unspecified atom stereocenters. The normalized spacial score (nSPS) is 9.06. The number of benzene rings is 2. The zero-order valence-corrected chi connectivity index (χ0v) is 10.3. The van der Waals surface area contributed by atoms with E-state index in [1.54, 1.807) is 0 Å². The van der Waals surface area contributed by atoms with Gasteiger partial charge in [0.15, 0.2) is 0 Å². The molecule has 0 amide bonds. The van der Waals surface area contributed by atoms with Crippen LogP contribution in [0.4, 0.5) is 0 Å². The van der Waals surface area contributed by atoms with Gasteiger partial charge in [0.25, 0.3) is 0 Å². The monoisotopic (exact) mass is 225 g/mol. The van der Waals surface area contributed by atoms with Gasteiger partial charge in [0.05, 0.1) is 0 Å². The molecule has 0 bridgehead atoms. The molecule has 0 aliphatic rings. The Morgan fingerprint density at radius 2 is 1.59 bits per heavy atom. The molecule has 1 nitrogen and oxygen atoms in total. The van der Waals surface area contributed by atoms with Crippen LogP contribution in [0.3, 0.4) is 0 Å². The number of hydrogen-bond acceptors (Lipinski definition) is 1. The van der Waals surface area contributed by atoms with Gasteiger partial charge in [0.1, 0.15) is 0 Å². The quantitative estimate of drug-likeness (QED) is 0.827. The standard InChI is InChI=1S/C9H10.C7H9N/c1-3-9-6-4-8(2)5-7-9;8-6-7-4-2-1-3-5-7/h3-7H,1H2,2H3;1-5H,6,8H2. The van der Waals surface area contributed by atoms with Crippen molar-refractivity contribution in [1.29, 1.82) is 0 Å². The summed E-state index contributed by atoms with van der Waals surface area (Å²) in [4.78, 5) is 0. The molecule has 0 aliphatic carbocycles. The van der Waals surface area contributed by atoms with Crippen molar-refractivity contribution < 1.29 is 0 Å². The number of aryl methyl sites for hydroxylation is 1. The Morgan fingerprint density at radius 1 is 1.00 bits per heavy atom. The maximum absolute atomic E-state index is 5.35. The summed E-state index contributed by atoms with van der Waals surface area (Å²) >= 11 is 0. The predicted octanol–water partition coefficient (Wildman–Crippen LogP) is 3.78. The molecule has 0 aliphatic heterocycles. The predicted molar refractivity (Wildman–Crippen MR) is 75.6 cm³/mol. The van der Waals surface area contributed by atoms with Gasteiger partial charge in [-0.2, -0.15) is 0 Å². The van der Waals surface area contributed by atoms with Crippen molar-refractivity contribution in [2.24, 2.45) is 5.73 Å². The fraction of sp³-hybridized carbons (Fsp3) is 0.125. The molecule has 0 heterocycles. The molecule has 0 radical (unpaired) electrons. The topological polar surface area (TPSA) is 26.0 Å². The van der Waals surface area contributed by atoms with Crippen LogP contribution < -0.4 is 5.73 Å². The van der Waals surface area contributed by atoms with Crippen molar-refractivity contribution in [2.75, 3.05) is 0 Å². The maximum Gasteiger partial charge on any atom is 0.0178 e. The summed E-state index contributed by atoms with van der Waals surface area (Å²) in [7, 11) is 0. The third-order valence-corrected chi connectivity index (χ3v) is 2.39.